The fourth-order valence-corrected chi connectivity index (χ4v) is 3.26. The molecule has 0 spiro atoms. The topological polar surface area (TPSA) is 73.3 Å². The van der Waals surface area contributed by atoms with Gasteiger partial charge in [0.2, 0.25) is 5.91 Å². The van der Waals surface area contributed by atoms with Gasteiger partial charge in [0.15, 0.2) is 16.7 Å². The van der Waals surface area contributed by atoms with Crippen molar-refractivity contribution in [2.24, 2.45) is 0 Å². The van der Waals surface area contributed by atoms with Crippen molar-refractivity contribution < 1.29 is 23.0 Å². The number of aryl methyl sites for hydroxylation is 2. The predicted octanol–water partition coefficient (Wildman–Crippen LogP) is 3.67. The molecular weight excluding hydrogens is 388 g/mol. The van der Waals surface area contributed by atoms with Gasteiger partial charge in [-0.25, -0.2) is 9.97 Å². The van der Waals surface area contributed by atoms with E-state index in [1.54, 1.807) is 40.2 Å². The summed E-state index contributed by atoms with van der Waals surface area (Å²) in [5.41, 5.74) is 2.92. The monoisotopic (exact) mass is 411 g/mol. The van der Waals surface area contributed by atoms with E-state index in [4.69, 9.17) is 9.47 Å². The minimum absolute atomic E-state index is 0.0478. The third kappa shape index (κ3) is 6.05. The summed E-state index contributed by atoms with van der Waals surface area (Å²) in [5.74, 6) is -1.47. The Bertz CT molecular complexity index is 811. The lowest BCUT2D eigenvalue weighted by Crippen LogP contribution is -2.23. The Morgan fingerprint density at radius 2 is 1.79 bits per heavy atom. The van der Waals surface area contributed by atoms with Crippen LogP contribution in [0.15, 0.2) is 23.4 Å². The van der Waals surface area contributed by atoms with Crippen molar-refractivity contribution in [1.82, 2.24) is 15.3 Å². The maximum Gasteiger partial charge on any atom is 0.291 e. The van der Waals surface area contributed by atoms with E-state index in [2.05, 4.69) is 15.3 Å². The van der Waals surface area contributed by atoms with Crippen LogP contribution in [0.1, 0.15) is 28.9 Å². The maximum atomic E-state index is 12.5. The molecule has 1 amide bonds. The van der Waals surface area contributed by atoms with Crippen LogP contribution in [0.3, 0.4) is 0 Å². The molecule has 0 unspecified atom stereocenters. The minimum atomic E-state index is -2.56. The summed E-state index contributed by atoms with van der Waals surface area (Å²) < 4.78 is 35.4. The lowest BCUT2D eigenvalue weighted by molar-refractivity contribution is -0.121. The smallest absolute Gasteiger partial charge is 0.291 e. The standard InChI is InChI=1S/C19H23F2N3O3S/c1-11-14(12(2)24-19(23-11)28-18(20)21)6-8-17(25)22-10-13-5-7-15(26-3)16(9-13)27-4/h5,7,9,18H,6,8,10H2,1-4H3,(H,22,25). The molecule has 0 aliphatic rings. The molecule has 0 saturated carbocycles. The molecule has 6 nitrogen and oxygen atoms in total. The number of carbonyl (C=O) groups is 1. The highest BCUT2D eigenvalue weighted by Crippen LogP contribution is 2.27. The summed E-state index contributed by atoms with van der Waals surface area (Å²) in [6.45, 7) is 3.83. The van der Waals surface area contributed by atoms with Gasteiger partial charge in [-0.2, -0.15) is 8.78 Å². The summed E-state index contributed by atoms with van der Waals surface area (Å²) in [5, 5.41) is 2.90. The SMILES string of the molecule is COc1ccc(CNC(=O)CCc2c(C)nc(SC(F)F)nc2C)cc1OC. The number of nitrogens with zero attached hydrogens (tertiary/aromatic N) is 2. The van der Waals surface area contributed by atoms with Crippen LogP contribution in [0, 0.1) is 13.8 Å². The highest BCUT2D eigenvalue weighted by Gasteiger charge is 2.14. The summed E-state index contributed by atoms with van der Waals surface area (Å²) in [7, 11) is 3.11. The normalized spacial score (nSPS) is 10.8. The molecule has 0 atom stereocenters. The van der Waals surface area contributed by atoms with E-state index < -0.39 is 5.76 Å². The first-order valence-electron chi connectivity index (χ1n) is 8.60. The van der Waals surface area contributed by atoms with Crippen LogP contribution in [-0.4, -0.2) is 35.9 Å². The van der Waals surface area contributed by atoms with Gasteiger partial charge in [0.05, 0.1) is 14.2 Å². The Kier molecular flexibility index (Phi) is 7.98. The largest absolute Gasteiger partial charge is 0.493 e. The molecule has 1 aromatic carbocycles. The van der Waals surface area contributed by atoms with Crippen LogP contribution >= 0.6 is 11.8 Å². The number of nitrogens with one attached hydrogen (secondary N) is 1. The van der Waals surface area contributed by atoms with Crippen LogP contribution < -0.4 is 14.8 Å². The number of aromatic nitrogens is 2. The van der Waals surface area contributed by atoms with Gasteiger partial charge < -0.3 is 14.8 Å². The summed E-state index contributed by atoms with van der Waals surface area (Å²) >= 11 is 0.317. The fraction of sp³-hybridized carbons (Fsp3) is 0.421. The van der Waals surface area contributed by atoms with Crippen molar-refractivity contribution in [3.8, 4) is 11.5 Å². The second kappa shape index (κ2) is 10.2. The minimum Gasteiger partial charge on any atom is -0.493 e. The third-order valence-corrected chi connectivity index (χ3v) is 4.71. The van der Waals surface area contributed by atoms with Gasteiger partial charge in [0.25, 0.3) is 5.76 Å². The van der Waals surface area contributed by atoms with Crippen molar-refractivity contribution in [1.29, 1.82) is 0 Å². The molecule has 0 fully saturated rings. The number of hydrogen-bond acceptors (Lipinski definition) is 6. The molecule has 9 heteroatoms. The lowest BCUT2D eigenvalue weighted by atomic mass is 10.1. The molecule has 0 bridgehead atoms. The van der Waals surface area contributed by atoms with Gasteiger partial charge in [-0.1, -0.05) is 6.07 Å². The van der Waals surface area contributed by atoms with E-state index in [0.29, 0.717) is 47.6 Å². The van der Waals surface area contributed by atoms with Crippen LogP contribution in [-0.2, 0) is 17.8 Å². The first kappa shape index (κ1) is 21.9. The van der Waals surface area contributed by atoms with Gasteiger partial charge in [-0.15, -0.1) is 0 Å². The number of ether oxygens (including phenoxy) is 2. The van der Waals surface area contributed by atoms with E-state index in [0.717, 1.165) is 11.1 Å². The maximum absolute atomic E-state index is 12.5. The Labute approximate surface area is 167 Å². The first-order valence-corrected chi connectivity index (χ1v) is 9.48. The van der Waals surface area contributed by atoms with E-state index in [-0.39, 0.29) is 17.5 Å². The zero-order valence-electron chi connectivity index (χ0n) is 16.2. The molecule has 2 rings (SSSR count). The second-order valence-corrected chi connectivity index (χ2v) is 6.96. The van der Waals surface area contributed by atoms with Crippen LogP contribution in [0.4, 0.5) is 8.78 Å². The molecule has 0 aliphatic heterocycles. The van der Waals surface area contributed by atoms with Gasteiger partial charge in [-0.05, 0) is 55.3 Å². The Hall–Kier alpha value is -2.42. The van der Waals surface area contributed by atoms with Crippen molar-refractivity contribution >= 4 is 17.7 Å². The number of methoxy groups -OCH3 is 2. The van der Waals surface area contributed by atoms with Crippen molar-refractivity contribution in [2.75, 3.05) is 14.2 Å². The number of amides is 1. The number of rotatable bonds is 9. The average molecular weight is 411 g/mol. The molecule has 28 heavy (non-hydrogen) atoms. The molecule has 1 N–H and O–H groups in total. The molecule has 2 aromatic rings. The molecule has 152 valence electrons. The number of thioether (sulfide) groups is 1. The van der Waals surface area contributed by atoms with Gasteiger partial charge in [0.1, 0.15) is 0 Å². The molecule has 0 saturated heterocycles. The zero-order valence-corrected chi connectivity index (χ0v) is 17.0. The van der Waals surface area contributed by atoms with Crippen molar-refractivity contribution in [3.05, 3.63) is 40.7 Å². The highest BCUT2D eigenvalue weighted by atomic mass is 32.2. The highest BCUT2D eigenvalue weighted by molar-refractivity contribution is 7.99. The lowest BCUT2D eigenvalue weighted by Gasteiger charge is -2.12. The van der Waals surface area contributed by atoms with Crippen molar-refractivity contribution in [2.45, 2.75) is 44.1 Å². The van der Waals surface area contributed by atoms with Crippen LogP contribution in [0.5, 0.6) is 11.5 Å². The van der Waals surface area contributed by atoms with Crippen LogP contribution in [0.2, 0.25) is 0 Å². The van der Waals surface area contributed by atoms with Crippen molar-refractivity contribution in [3.63, 3.8) is 0 Å². The van der Waals surface area contributed by atoms with E-state index in [1.165, 1.54) is 0 Å². The summed E-state index contributed by atoms with van der Waals surface area (Å²) in [6.07, 6.45) is 0.689. The molecule has 0 radical (unpaired) electrons. The van der Waals surface area contributed by atoms with E-state index >= 15 is 0 Å². The summed E-state index contributed by atoms with van der Waals surface area (Å²) in [6, 6.07) is 5.44. The number of hydrogen-bond donors (Lipinski definition) is 1. The Morgan fingerprint density at radius 3 is 2.36 bits per heavy atom. The molecule has 1 aromatic heterocycles. The fourth-order valence-electron chi connectivity index (χ4n) is 2.72. The third-order valence-electron chi connectivity index (χ3n) is 4.13. The summed E-state index contributed by atoms with van der Waals surface area (Å²) in [4.78, 5) is 20.4. The van der Waals surface area contributed by atoms with Gasteiger partial charge >= 0.3 is 0 Å². The number of carbonyl (C=O) groups excluding carboxylic acids is 1. The quantitative estimate of drug-likeness (QED) is 0.501. The Balaban J connectivity index is 1.92. The first-order chi connectivity index (χ1) is 13.3. The van der Waals surface area contributed by atoms with Crippen LogP contribution in [0.25, 0.3) is 0 Å². The predicted molar refractivity (Wildman–Crippen MR) is 103 cm³/mol. The van der Waals surface area contributed by atoms with Gasteiger partial charge in [0, 0.05) is 24.4 Å². The molecular formula is C19H23F2N3O3S. The average Bonchev–Trinajstić information content (AvgIpc) is 2.64. The second-order valence-electron chi connectivity index (χ2n) is 6.00. The van der Waals surface area contributed by atoms with E-state index in [9.17, 15) is 13.6 Å². The van der Waals surface area contributed by atoms with E-state index in [1.807, 2.05) is 6.07 Å². The number of alkyl halides is 2. The van der Waals surface area contributed by atoms with Gasteiger partial charge in [-0.3, -0.25) is 4.79 Å². The Morgan fingerprint density at radius 1 is 1.14 bits per heavy atom. The zero-order chi connectivity index (χ0) is 20.7. The number of benzene rings is 1. The molecule has 0 aliphatic carbocycles. The number of halogens is 2. The molecule has 1 heterocycles.